The van der Waals surface area contributed by atoms with Gasteiger partial charge in [-0.15, -0.1) is 0 Å². The molecule has 0 fully saturated rings. The van der Waals surface area contributed by atoms with Crippen LogP contribution < -0.4 is 10.6 Å². The number of hydrogen-bond acceptors (Lipinski definition) is 4. The Morgan fingerprint density at radius 2 is 1.52 bits per heavy atom. The quantitative estimate of drug-likeness (QED) is 0.638. The van der Waals surface area contributed by atoms with Crippen molar-refractivity contribution in [1.29, 1.82) is 0 Å². The summed E-state index contributed by atoms with van der Waals surface area (Å²) in [6.45, 7) is 8.39. The molecule has 0 saturated carbocycles. The van der Waals surface area contributed by atoms with Crippen LogP contribution in [-0.4, -0.2) is 31.0 Å². The highest BCUT2D eigenvalue weighted by Crippen LogP contribution is 2.10. The van der Waals surface area contributed by atoms with Gasteiger partial charge in [-0.2, -0.15) is 0 Å². The van der Waals surface area contributed by atoms with Crippen molar-refractivity contribution in [2.24, 2.45) is 11.8 Å². The zero-order chi connectivity index (χ0) is 18.8. The Kier molecular flexibility index (Phi) is 9.21. The molecule has 0 aliphatic rings. The van der Waals surface area contributed by atoms with Crippen LogP contribution >= 0.6 is 0 Å². The van der Waals surface area contributed by atoms with Crippen molar-refractivity contribution in [2.45, 2.75) is 59.2 Å². The second-order valence-electron chi connectivity index (χ2n) is 7.25. The highest BCUT2D eigenvalue weighted by molar-refractivity contribution is 5.87. The van der Waals surface area contributed by atoms with Gasteiger partial charge in [-0.3, -0.25) is 4.79 Å². The lowest BCUT2D eigenvalue weighted by atomic mass is 10.0. The van der Waals surface area contributed by atoms with E-state index in [2.05, 4.69) is 24.5 Å². The van der Waals surface area contributed by atoms with Gasteiger partial charge < -0.3 is 15.4 Å². The summed E-state index contributed by atoms with van der Waals surface area (Å²) in [4.78, 5) is 25.0. The molecule has 0 aliphatic heterocycles. The number of ether oxygens (including phenoxy) is 1. The third kappa shape index (κ3) is 8.16. The molecule has 0 radical (unpaired) electrons. The van der Waals surface area contributed by atoms with Crippen molar-refractivity contribution >= 4 is 11.9 Å². The molecule has 0 bridgehead atoms. The van der Waals surface area contributed by atoms with Gasteiger partial charge in [0.15, 0.2) is 0 Å². The predicted octanol–water partition coefficient (Wildman–Crippen LogP) is 2.89. The fourth-order valence-electron chi connectivity index (χ4n) is 2.61. The van der Waals surface area contributed by atoms with Gasteiger partial charge >= 0.3 is 5.97 Å². The summed E-state index contributed by atoms with van der Waals surface area (Å²) >= 11 is 0. The Labute approximate surface area is 151 Å². The molecule has 1 aromatic rings. The summed E-state index contributed by atoms with van der Waals surface area (Å²) in [5.74, 6) is 0.119. The minimum absolute atomic E-state index is 0.154. The van der Waals surface area contributed by atoms with Crippen LogP contribution in [0.1, 0.15) is 46.1 Å². The Hall–Kier alpha value is -1.88. The molecule has 2 atom stereocenters. The van der Waals surface area contributed by atoms with E-state index in [1.807, 2.05) is 44.2 Å². The average molecular weight is 348 g/mol. The standard InChI is InChI=1S/C20H32N2O3/c1-14(2)11-17(21-5)19(23)22-18(12-15(3)4)20(24)25-13-16-9-7-6-8-10-16/h6-10,14-15,17-18,21H,11-13H2,1-5H3,(H,22,23)/t17-,18-/m0/s1. The molecule has 140 valence electrons. The van der Waals surface area contributed by atoms with E-state index in [9.17, 15) is 9.59 Å². The van der Waals surface area contributed by atoms with Crippen LogP contribution in [0, 0.1) is 11.8 Å². The molecule has 0 heterocycles. The molecule has 1 rings (SSSR count). The number of nitrogens with one attached hydrogen (secondary N) is 2. The van der Waals surface area contributed by atoms with Crippen LogP contribution in [0.3, 0.4) is 0 Å². The molecule has 0 aromatic heterocycles. The minimum Gasteiger partial charge on any atom is -0.459 e. The van der Waals surface area contributed by atoms with Crippen LogP contribution in [0.2, 0.25) is 0 Å². The van der Waals surface area contributed by atoms with Crippen molar-refractivity contribution in [1.82, 2.24) is 10.6 Å². The molecule has 0 spiro atoms. The second-order valence-corrected chi connectivity index (χ2v) is 7.25. The summed E-state index contributed by atoms with van der Waals surface area (Å²) in [5, 5.41) is 5.89. The highest BCUT2D eigenvalue weighted by Gasteiger charge is 2.27. The zero-order valence-electron chi connectivity index (χ0n) is 16.0. The van der Waals surface area contributed by atoms with E-state index in [0.717, 1.165) is 12.0 Å². The van der Waals surface area contributed by atoms with E-state index in [1.54, 1.807) is 7.05 Å². The molecule has 2 N–H and O–H groups in total. The van der Waals surface area contributed by atoms with E-state index < -0.39 is 6.04 Å². The van der Waals surface area contributed by atoms with Crippen molar-refractivity contribution < 1.29 is 14.3 Å². The molecule has 1 amide bonds. The van der Waals surface area contributed by atoms with E-state index in [1.165, 1.54) is 0 Å². The Bertz CT molecular complexity index is 529. The first-order valence-corrected chi connectivity index (χ1v) is 9.01. The fourth-order valence-corrected chi connectivity index (χ4v) is 2.61. The number of likely N-dealkylation sites (N-methyl/N-ethyl adjacent to an activating group) is 1. The Morgan fingerprint density at radius 3 is 2.04 bits per heavy atom. The molecule has 1 aromatic carbocycles. The number of amides is 1. The molecule has 0 unspecified atom stereocenters. The first-order chi connectivity index (χ1) is 11.8. The molecular formula is C20H32N2O3. The Morgan fingerprint density at radius 1 is 0.960 bits per heavy atom. The average Bonchev–Trinajstić information content (AvgIpc) is 2.57. The van der Waals surface area contributed by atoms with Crippen LogP contribution in [0.5, 0.6) is 0 Å². The number of carbonyl (C=O) groups is 2. The maximum Gasteiger partial charge on any atom is 0.328 e. The lowest BCUT2D eigenvalue weighted by Gasteiger charge is -2.23. The minimum atomic E-state index is -0.626. The molecular weight excluding hydrogens is 316 g/mol. The summed E-state index contributed by atoms with van der Waals surface area (Å²) in [6.07, 6.45) is 1.27. The van der Waals surface area contributed by atoms with Crippen molar-refractivity contribution in [3.8, 4) is 0 Å². The molecule has 25 heavy (non-hydrogen) atoms. The van der Waals surface area contributed by atoms with Gasteiger partial charge in [0, 0.05) is 0 Å². The second kappa shape index (κ2) is 10.9. The van der Waals surface area contributed by atoms with Crippen LogP contribution in [-0.2, 0) is 20.9 Å². The van der Waals surface area contributed by atoms with Crippen molar-refractivity contribution in [2.75, 3.05) is 7.05 Å². The highest BCUT2D eigenvalue weighted by atomic mass is 16.5. The number of rotatable bonds is 10. The van der Waals surface area contributed by atoms with Gasteiger partial charge in [-0.1, -0.05) is 58.0 Å². The van der Waals surface area contributed by atoms with Gasteiger partial charge in [-0.25, -0.2) is 4.79 Å². The third-order valence-corrected chi connectivity index (χ3v) is 3.90. The summed E-state index contributed by atoms with van der Waals surface area (Å²) in [5.41, 5.74) is 0.929. The third-order valence-electron chi connectivity index (χ3n) is 3.90. The van der Waals surface area contributed by atoms with Crippen LogP contribution in [0.4, 0.5) is 0 Å². The number of carbonyl (C=O) groups excluding carboxylic acids is 2. The Balaban J connectivity index is 2.68. The normalized spacial score (nSPS) is 13.6. The number of hydrogen-bond donors (Lipinski definition) is 2. The van der Waals surface area contributed by atoms with Crippen LogP contribution in [0.15, 0.2) is 30.3 Å². The van der Waals surface area contributed by atoms with Crippen molar-refractivity contribution in [3.63, 3.8) is 0 Å². The zero-order valence-corrected chi connectivity index (χ0v) is 16.0. The summed E-state index contributed by atoms with van der Waals surface area (Å²) < 4.78 is 5.41. The molecule has 5 nitrogen and oxygen atoms in total. The maximum atomic E-state index is 12.5. The lowest BCUT2D eigenvalue weighted by Crippen LogP contribution is -2.50. The fraction of sp³-hybridized carbons (Fsp3) is 0.600. The van der Waals surface area contributed by atoms with E-state index >= 15 is 0 Å². The summed E-state index contributed by atoms with van der Waals surface area (Å²) in [6, 6.07) is 8.60. The number of benzene rings is 1. The van der Waals surface area contributed by atoms with Gasteiger partial charge in [0.2, 0.25) is 5.91 Å². The number of esters is 1. The lowest BCUT2D eigenvalue weighted by molar-refractivity contribution is -0.149. The van der Waals surface area contributed by atoms with Gasteiger partial charge in [0.25, 0.3) is 0 Å². The molecule has 0 aliphatic carbocycles. The SMILES string of the molecule is CN[C@@H](CC(C)C)C(=O)N[C@@H](CC(C)C)C(=O)OCc1ccccc1. The van der Waals surface area contributed by atoms with E-state index in [-0.39, 0.29) is 30.4 Å². The summed E-state index contributed by atoms with van der Waals surface area (Å²) in [7, 11) is 1.76. The molecule has 5 heteroatoms. The van der Waals surface area contributed by atoms with Gasteiger partial charge in [0.1, 0.15) is 12.6 Å². The smallest absolute Gasteiger partial charge is 0.328 e. The topological polar surface area (TPSA) is 67.4 Å². The van der Waals surface area contributed by atoms with Gasteiger partial charge in [0.05, 0.1) is 6.04 Å². The van der Waals surface area contributed by atoms with E-state index in [0.29, 0.717) is 12.3 Å². The monoisotopic (exact) mass is 348 g/mol. The van der Waals surface area contributed by atoms with Crippen molar-refractivity contribution in [3.05, 3.63) is 35.9 Å². The first-order valence-electron chi connectivity index (χ1n) is 9.01. The predicted molar refractivity (Wildman–Crippen MR) is 99.9 cm³/mol. The largest absolute Gasteiger partial charge is 0.459 e. The van der Waals surface area contributed by atoms with E-state index in [4.69, 9.17) is 4.74 Å². The molecule has 0 saturated heterocycles. The first kappa shape index (κ1) is 21.2. The van der Waals surface area contributed by atoms with Gasteiger partial charge in [-0.05, 0) is 37.3 Å². The van der Waals surface area contributed by atoms with Crippen LogP contribution in [0.25, 0.3) is 0 Å². The maximum absolute atomic E-state index is 12.5.